The number of nitrogens with one attached hydrogen (secondary N) is 1. The molecule has 1 aliphatic heterocycles. The minimum absolute atomic E-state index is 0.0966. The van der Waals surface area contributed by atoms with E-state index in [0.717, 1.165) is 30.7 Å². The molecule has 1 aliphatic carbocycles. The number of benzene rings is 1. The number of halogens is 2. The predicted molar refractivity (Wildman–Crippen MR) is 87.2 cm³/mol. The number of rotatable bonds is 2. The summed E-state index contributed by atoms with van der Waals surface area (Å²) in [6.07, 6.45) is 8.39. The van der Waals surface area contributed by atoms with Crippen LogP contribution in [0, 0.1) is 12.7 Å². The monoisotopic (exact) mass is 355 g/mol. The zero-order valence-corrected chi connectivity index (χ0v) is 14.1. The molecule has 116 valence electrons. The highest BCUT2D eigenvalue weighted by atomic mass is 79.9. The van der Waals surface area contributed by atoms with Crippen LogP contribution >= 0.6 is 15.9 Å². The van der Waals surface area contributed by atoms with Crippen LogP contribution in [-0.2, 0) is 4.74 Å². The van der Waals surface area contributed by atoms with Crippen LogP contribution in [0.15, 0.2) is 16.6 Å². The second-order valence-electron chi connectivity index (χ2n) is 6.51. The molecule has 2 nitrogen and oxygen atoms in total. The summed E-state index contributed by atoms with van der Waals surface area (Å²) in [4.78, 5) is 0. The van der Waals surface area contributed by atoms with Gasteiger partial charge in [-0.3, -0.25) is 0 Å². The Morgan fingerprint density at radius 1 is 1.29 bits per heavy atom. The highest BCUT2D eigenvalue weighted by Gasteiger charge is 2.38. The Bertz CT molecular complexity index is 508. The molecular formula is C17H23BrFNO. The van der Waals surface area contributed by atoms with E-state index in [4.69, 9.17) is 4.74 Å². The van der Waals surface area contributed by atoms with Crippen LogP contribution in [0.3, 0.4) is 0 Å². The largest absolute Gasteiger partial charge is 0.382 e. The first-order chi connectivity index (χ1) is 10.1. The van der Waals surface area contributed by atoms with Gasteiger partial charge in [0.25, 0.3) is 0 Å². The molecule has 2 fully saturated rings. The van der Waals surface area contributed by atoms with Crippen LogP contribution in [0.2, 0.25) is 0 Å². The van der Waals surface area contributed by atoms with Gasteiger partial charge in [0.2, 0.25) is 0 Å². The summed E-state index contributed by atoms with van der Waals surface area (Å²) < 4.78 is 20.2. The third-order valence-corrected chi connectivity index (χ3v) is 5.49. The lowest BCUT2D eigenvalue weighted by molar-refractivity contribution is -0.103. The molecule has 21 heavy (non-hydrogen) atoms. The molecule has 1 heterocycles. The molecule has 2 aliphatic rings. The predicted octanol–water partition coefficient (Wildman–Crippen LogP) is 5.19. The Hall–Kier alpha value is -0.610. The van der Waals surface area contributed by atoms with E-state index in [0.29, 0.717) is 10.5 Å². The average Bonchev–Trinajstić information content (AvgIpc) is 2.46. The Kier molecular flexibility index (Phi) is 4.55. The maximum absolute atomic E-state index is 13.5. The summed E-state index contributed by atoms with van der Waals surface area (Å²) >= 11 is 3.28. The second-order valence-corrected chi connectivity index (χ2v) is 7.36. The molecule has 0 amide bonds. The van der Waals surface area contributed by atoms with Gasteiger partial charge in [-0.05, 0) is 66.2 Å². The summed E-state index contributed by atoms with van der Waals surface area (Å²) in [7, 11) is 0. The van der Waals surface area contributed by atoms with E-state index >= 15 is 0 Å². The van der Waals surface area contributed by atoms with Crippen molar-refractivity contribution in [1.82, 2.24) is 0 Å². The topological polar surface area (TPSA) is 21.3 Å². The fourth-order valence-electron chi connectivity index (χ4n) is 3.72. The van der Waals surface area contributed by atoms with Crippen molar-refractivity contribution in [3.63, 3.8) is 0 Å². The van der Waals surface area contributed by atoms with E-state index in [1.54, 1.807) is 6.07 Å². The van der Waals surface area contributed by atoms with Gasteiger partial charge in [-0.25, -0.2) is 4.39 Å². The highest BCUT2D eigenvalue weighted by molar-refractivity contribution is 9.10. The first kappa shape index (κ1) is 15.3. The Morgan fingerprint density at radius 2 is 2.05 bits per heavy atom. The van der Waals surface area contributed by atoms with Gasteiger partial charge in [0.15, 0.2) is 0 Å². The van der Waals surface area contributed by atoms with Gasteiger partial charge < -0.3 is 10.1 Å². The van der Waals surface area contributed by atoms with Gasteiger partial charge in [-0.1, -0.05) is 19.3 Å². The van der Waals surface area contributed by atoms with E-state index in [1.807, 2.05) is 13.0 Å². The standard InChI is InChI=1S/C17H23BrFNO/c1-12-9-15(19)14(18)10-16(12)20-13-5-8-21-17(11-13)6-3-2-4-7-17/h9-10,13,20H,2-8,11H2,1H3. The Balaban J connectivity index is 1.71. The molecule has 3 rings (SSSR count). The van der Waals surface area contributed by atoms with Crippen molar-refractivity contribution < 1.29 is 9.13 Å². The molecule has 1 saturated heterocycles. The molecule has 1 aromatic rings. The second kappa shape index (κ2) is 6.25. The van der Waals surface area contributed by atoms with Crippen molar-refractivity contribution in [2.24, 2.45) is 0 Å². The van der Waals surface area contributed by atoms with Crippen LogP contribution < -0.4 is 5.32 Å². The first-order valence-corrected chi connectivity index (χ1v) is 8.73. The normalized spacial score (nSPS) is 25.0. The van der Waals surface area contributed by atoms with Gasteiger partial charge in [0, 0.05) is 18.3 Å². The minimum atomic E-state index is -0.200. The van der Waals surface area contributed by atoms with Crippen LogP contribution in [-0.4, -0.2) is 18.2 Å². The number of ether oxygens (including phenoxy) is 1. The smallest absolute Gasteiger partial charge is 0.137 e. The summed E-state index contributed by atoms with van der Waals surface area (Å²) in [5, 5.41) is 3.61. The van der Waals surface area contributed by atoms with Gasteiger partial charge in [-0.2, -0.15) is 0 Å². The third kappa shape index (κ3) is 3.42. The van der Waals surface area contributed by atoms with Crippen LogP contribution in [0.1, 0.15) is 50.5 Å². The van der Waals surface area contributed by atoms with Crippen LogP contribution in [0.25, 0.3) is 0 Å². The summed E-state index contributed by atoms with van der Waals surface area (Å²) in [5.74, 6) is -0.200. The molecule has 0 aromatic heterocycles. The molecule has 1 N–H and O–H groups in total. The zero-order chi connectivity index (χ0) is 14.9. The van der Waals surface area contributed by atoms with Crippen molar-refractivity contribution in [3.8, 4) is 0 Å². The Labute approximate surface area is 134 Å². The minimum Gasteiger partial charge on any atom is -0.382 e. The highest BCUT2D eigenvalue weighted by Crippen LogP contribution is 2.39. The van der Waals surface area contributed by atoms with E-state index in [-0.39, 0.29) is 11.4 Å². The lowest BCUT2D eigenvalue weighted by Crippen LogP contribution is -2.45. The third-order valence-electron chi connectivity index (χ3n) is 4.88. The fraction of sp³-hybridized carbons (Fsp3) is 0.647. The molecule has 4 heteroatoms. The zero-order valence-electron chi connectivity index (χ0n) is 12.6. The van der Waals surface area contributed by atoms with Crippen molar-refractivity contribution in [2.45, 2.75) is 63.5 Å². The van der Waals surface area contributed by atoms with Gasteiger partial charge >= 0.3 is 0 Å². The number of anilines is 1. The summed E-state index contributed by atoms with van der Waals surface area (Å²) in [5.41, 5.74) is 2.08. The summed E-state index contributed by atoms with van der Waals surface area (Å²) in [6, 6.07) is 3.86. The molecular weight excluding hydrogens is 333 g/mol. The molecule has 0 bridgehead atoms. The number of hydrogen-bond donors (Lipinski definition) is 1. The van der Waals surface area contributed by atoms with Crippen molar-refractivity contribution >= 4 is 21.6 Å². The van der Waals surface area contributed by atoms with Crippen molar-refractivity contribution in [1.29, 1.82) is 0 Å². The van der Waals surface area contributed by atoms with Gasteiger partial charge in [-0.15, -0.1) is 0 Å². The van der Waals surface area contributed by atoms with E-state index < -0.39 is 0 Å². The Morgan fingerprint density at radius 3 is 2.81 bits per heavy atom. The van der Waals surface area contributed by atoms with Gasteiger partial charge in [0.05, 0.1) is 10.1 Å². The maximum atomic E-state index is 13.5. The molecule has 1 unspecified atom stereocenters. The maximum Gasteiger partial charge on any atom is 0.137 e. The van der Waals surface area contributed by atoms with Crippen LogP contribution in [0.4, 0.5) is 10.1 Å². The fourth-order valence-corrected chi connectivity index (χ4v) is 4.06. The number of aryl methyl sites for hydroxylation is 1. The van der Waals surface area contributed by atoms with Crippen LogP contribution in [0.5, 0.6) is 0 Å². The first-order valence-electron chi connectivity index (χ1n) is 7.94. The average molecular weight is 356 g/mol. The lowest BCUT2D eigenvalue weighted by atomic mass is 9.78. The SMILES string of the molecule is Cc1cc(F)c(Br)cc1NC1CCOC2(CCCCC2)C1. The quantitative estimate of drug-likeness (QED) is 0.787. The molecule has 0 radical (unpaired) electrons. The van der Waals surface area contributed by atoms with Gasteiger partial charge in [0.1, 0.15) is 5.82 Å². The molecule has 1 aromatic carbocycles. The van der Waals surface area contributed by atoms with E-state index in [2.05, 4.69) is 21.2 Å². The molecule has 1 atom stereocenters. The number of hydrogen-bond acceptors (Lipinski definition) is 2. The summed E-state index contributed by atoms with van der Waals surface area (Å²) in [6.45, 7) is 2.78. The van der Waals surface area contributed by atoms with Crippen molar-refractivity contribution in [3.05, 3.63) is 28.0 Å². The molecule has 1 saturated carbocycles. The molecule has 1 spiro atoms. The van der Waals surface area contributed by atoms with E-state index in [9.17, 15) is 4.39 Å². The van der Waals surface area contributed by atoms with Crippen molar-refractivity contribution in [2.75, 3.05) is 11.9 Å². The lowest BCUT2D eigenvalue weighted by Gasteiger charge is -2.44. The van der Waals surface area contributed by atoms with E-state index in [1.165, 1.54) is 32.1 Å².